The topological polar surface area (TPSA) is 58.6 Å². The van der Waals surface area contributed by atoms with Crippen molar-refractivity contribution < 1.29 is 14.1 Å². The molecule has 0 unspecified atom stereocenters. The molecule has 5 heteroatoms. The summed E-state index contributed by atoms with van der Waals surface area (Å²) in [6.45, 7) is 0.544. The molecule has 1 atom stereocenters. The Morgan fingerprint density at radius 1 is 1.50 bits per heavy atom. The van der Waals surface area contributed by atoms with Crippen LogP contribution in [-0.2, 0) is 15.5 Å². The monoisotopic (exact) mass is 241 g/mol. The van der Waals surface area contributed by atoms with Crippen LogP contribution in [0.15, 0.2) is 30.3 Å². The lowest BCUT2D eigenvalue weighted by molar-refractivity contribution is -0.138. The van der Waals surface area contributed by atoms with E-state index < -0.39 is 12.0 Å². The van der Waals surface area contributed by atoms with Gasteiger partial charge in [-0.05, 0) is 17.6 Å². The number of carbonyl (C=O) groups is 1. The SMILES string of the molecule is COSC[C@H](NCc1ccccc1)C(=O)O. The Labute approximate surface area is 99.2 Å². The van der Waals surface area contributed by atoms with Crippen LogP contribution in [0.2, 0.25) is 0 Å². The second-order valence-corrected chi connectivity index (χ2v) is 4.11. The molecule has 0 amide bonds. The van der Waals surface area contributed by atoms with Gasteiger partial charge in [0.1, 0.15) is 6.04 Å². The van der Waals surface area contributed by atoms with Crippen molar-refractivity contribution >= 4 is 18.0 Å². The van der Waals surface area contributed by atoms with Crippen LogP contribution in [0.4, 0.5) is 0 Å². The Kier molecular flexibility index (Phi) is 5.92. The van der Waals surface area contributed by atoms with Gasteiger partial charge in [0.25, 0.3) is 0 Å². The molecule has 88 valence electrons. The molecule has 16 heavy (non-hydrogen) atoms. The Morgan fingerprint density at radius 2 is 2.19 bits per heavy atom. The predicted octanol–water partition coefficient (Wildman–Crippen LogP) is 1.52. The average molecular weight is 241 g/mol. The van der Waals surface area contributed by atoms with Crippen molar-refractivity contribution in [3.63, 3.8) is 0 Å². The molecule has 2 N–H and O–H groups in total. The van der Waals surface area contributed by atoms with Crippen LogP contribution in [0.5, 0.6) is 0 Å². The molecule has 0 saturated heterocycles. The van der Waals surface area contributed by atoms with Crippen LogP contribution >= 0.6 is 12.0 Å². The summed E-state index contributed by atoms with van der Waals surface area (Å²) in [7, 11) is 1.53. The third-order valence-corrected chi connectivity index (χ3v) is 2.75. The van der Waals surface area contributed by atoms with Crippen molar-refractivity contribution in [1.29, 1.82) is 0 Å². The fourth-order valence-corrected chi connectivity index (χ4v) is 1.72. The third kappa shape index (κ3) is 4.65. The molecule has 0 aliphatic rings. The van der Waals surface area contributed by atoms with E-state index in [1.54, 1.807) is 0 Å². The number of carboxylic acids is 1. The summed E-state index contributed by atoms with van der Waals surface area (Å²) in [6.07, 6.45) is 0. The average Bonchev–Trinajstić information content (AvgIpc) is 2.30. The van der Waals surface area contributed by atoms with E-state index in [4.69, 9.17) is 9.29 Å². The minimum atomic E-state index is -0.861. The second-order valence-electron chi connectivity index (χ2n) is 3.21. The number of benzene rings is 1. The van der Waals surface area contributed by atoms with Crippen molar-refractivity contribution in [2.24, 2.45) is 0 Å². The molecule has 0 saturated carbocycles. The fraction of sp³-hybridized carbons (Fsp3) is 0.364. The van der Waals surface area contributed by atoms with Crippen LogP contribution in [-0.4, -0.2) is 30.0 Å². The molecule has 0 aliphatic heterocycles. The lowest BCUT2D eigenvalue weighted by atomic mass is 10.2. The summed E-state index contributed by atoms with van der Waals surface area (Å²) < 4.78 is 4.79. The zero-order valence-electron chi connectivity index (χ0n) is 9.05. The summed E-state index contributed by atoms with van der Waals surface area (Å²) in [5.74, 6) is -0.473. The molecule has 0 radical (unpaired) electrons. The van der Waals surface area contributed by atoms with E-state index in [0.29, 0.717) is 12.3 Å². The van der Waals surface area contributed by atoms with Crippen LogP contribution in [0.25, 0.3) is 0 Å². The van der Waals surface area contributed by atoms with Gasteiger partial charge in [-0.1, -0.05) is 30.3 Å². The molecule has 1 aromatic rings. The van der Waals surface area contributed by atoms with Gasteiger partial charge < -0.3 is 9.29 Å². The Balaban J connectivity index is 2.41. The van der Waals surface area contributed by atoms with E-state index in [2.05, 4.69) is 5.32 Å². The van der Waals surface area contributed by atoms with Crippen molar-refractivity contribution in [2.45, 2.75) is 12.6 Å². The number of rotatable bonds is 7. The normalized spacial score (nSPS) is 12.3. The molecule has 0 spiro atoms. The van der Waals surface area contributed by atoms with Crippen molar-refractivity contribution in [2.75, 3.05) is 12.9 Å². The quantitative estimate of drug-likeness (QED) is 0.709. The van der Waals surface area contributed by atoms with Crippen LogP contribution in [0.1, 0.15) is 5.56 Å². The molecule has 1 aromatic carbocycles. The van der Waals surface area contributed by atoms with Crippen LogP contribution in [0, 0.1) is 0 Å². The van der Waals surface area contributed by atoms with E-state index >= 15 is 0 Å². The standard InChI is InChI=1S/C11H15NO3S/c1-15-16-8-10(11(13)14)12-7-9-5-3-2-4-6-9/h2-6,10,12H,7-8H2,1H3,(H,13,14)/t10-/m0/s1. The highest BCUT2D eigenvalue weighted by molar-refractivity contribution is 7.94. The Morgan fingerprint density at radius 3 is 2.75 bits per heavy atom. The van der Waals surface area contributed by atoms with Crippen LogP contribution < -0.4 is 5.32 Å². The number of carboxylic acid groups (broad SMARTS) is 1. The smallest absolute Gasteiger partial charge is 0.321 e. The molecule has 0 fully saturated rings. The Hall–Kier alpha value is -1.04. The van der Waals surface area contributed by atoms with Crippen molar-refractivity contribution in [1.82, 2.24) is 5.32 Å². The number of hydrogen-bond acceptors (Lipinski definition) is 4. The van der Waals surface area contributed by atoms with E-state index in [-0.39, 0.29) is 0 Å². The zero-order chi connectivity index (χ0) is 11.8. The highest BCUT2D eigenvalue weighted by Crippen LogP contribution is 2.04. The summed E-state index contributed by atoms with van der Waals surface area (Å²) in [6, 6.07) is 9.10. The van der Waals surface area contributed by atoms with Crippen molar-refractivity contribution in [3.8, 4) is 0 Å². The first-order chi connectivity index (χ1) is 7.74. The molecule has 0 bridgehead atoms. The minimum Gasteiger partial charge on any atom is -0.480 e. The lowest BCUT2D eigenvalue weighted by Crippen LogP contribution is -2.38. The van der Waals surface area contributed by atoms with Gasteiger partial charge >= 0.3 is 5.97 Å². The van der Waals surface area contributed by atoms with Crippen LogP contribution in [0.3, 0.4) is 0 Å². The Bertz CT molecular complexity index is 318. The van der Waals surface area contributed by atoms with Gasteiger partial charge in [0.05, 0.1) is 7.11 Å². The molecule has 1 rings (SSSR count). The van der Waals surface area contributed by atoms with Gasteiger partial charge in [-0.15, -0.1) is 0 Å². The molecular weight excluding hydrogens is 226 g/mol. The zero-order valence-corrected chi connectivity index (χ0v) is 9.87. The highest BCUT2D eigenvalue weighted by Gasteiger charge is 2.16. The summed E-state index contributed by atoms with van der Waals surface area (Å²) in [5.41, 5.74) is 1.07. The van der Waals surface area contributed by atoms with E-state index in [1.807, 2.05) is 30.3 Å². The van der Waals surface area contributed by atoms with Gasteiger partial charge in [0, 0.05) is 12.3 Å². The third-order valence-electron chi connectivity index (χ3n) is 2.05. The van der Waals surface area contributed by atoms with E-state index in [1.165, 1.54) is 7.11 Å². The molecule has 0 heterocycles. The number of hydrogen-bond donors (Lipinski definition) is 2. The van der Waals surface area contributed by atoms with Gasteiger partial charge in [-0.2, -0.15) is 0 Å². The largest absolute Gasteiger partial charge is 0.480 e. The predicted molar refractivity (Wildman–Crippen MR) is 64.2 cm³/mol. The molecule has 0 aromatic heterocycles. The number of nitrogens with one attached hydrogen (secondary N) is 1. The minimum absolute atomic E-state index is 0.388. The summed E-state index contributed by atoms with van der Waals surface area (Å²) in [5, 5.41) is 11.9. The van der Waals surface area contributed by atoms with Gasteiger partial charge in [0.2, 0.25) is 0 Å². The summed E-state index contributed by atoms with van der Waals surface area (Å²) in [4.78, 5) is 10.9. The number of aliphatic carboxylic acids is 1. The lowest BCUT2D eigenvalue weighted by Gasteiger charge is -2.13. The molecular formula is C11H15NO3S. The fourth-order valence-electron chi connectivity index (χ4n) is 1.19. The van der Waals surface area contributed by atoms with Gasteiger partial charge in [-0.3, -0.25) is 10.1 Å². The van der Waals surface area contributed by atoms with Gasteiger partial charge in [0.15, 0.2) is 0 Å². The second kappa shape index (κ2) is 7.27. The maximum atomic E-state index is 10.9. The first-order valence-electron chi connectivity index (χ1n) is 4.89. The maximum absolute atomic E-state index is 10.9. The maximum Gasteiger partial charge on any atom is 0.321 e. The van der Waals surface area contributed by atoms with E-state index in [0.717, 1.165) is 17.6 Å². The molecule has 0 aliphatic carbocycles. The summed E-state index contributed by atoms with van der Waals surface area (Å²) >= 11 is 1.14. The molecule has 4 nitrogen and oxygen atoms in total. The van der Waals surface area contributed by atoms with Gasteiger partial charge in [-0.25, -0.2) is 0 Å². The van der Waals surface area contributed by atoms with E-state index in [9.17, 15) is 4.79 Å². The van der Waals surface area contributed by atoms with Crippen molar-refractivity contribution in [3.05, 3.63) is 35.9 Å². The first kappa shape index (κ1) is 13.0. The first-order valence-corrected chi connectivity index (χ1v) is 5.81. The highest BCUT2D eigenvalue weighted by atomic mass is 32.2.